The lowest BCUT2D eigenvalue weighted by Crippen LogP contribution is -2.09. The van der Waals surface area contributed by atoms with E-state index in [0.717, 1.165) is 59.7 Å². The number of hydrogen-bond donors (Lipinski definition) is 0. The molecular formula is C33H21BrN2O. The average Bonchev–Trinajstić information content (AvgIpc) is 3.39. The molecule has 0 atom stereocenters. The van der Waals surface area contributed by atoms with E-state index in [-0.39, 0.29) is 0 Å². The average molecular weight is 541 g/mol. The second-order valence-corrected chi connectivity index (χ2v) is 9.93. The molecule has 0 N–H and O–H groups in total. The summed E-state index contributed by atoms with van der Waals surface area (Å²) >= 11 is 3.65. The molecule has 0 unspecified atom stereocenters. The van der Waals surface area contributed by atoms with Crippen molar-refractivity contribution in [2.45, 2.75) is 0 Å². The molecule has 0 fully saturated rings. The van der Waals surface area contributed by atoms with Crippen molar-refractivity contribution in [1.82, 2.24) is 4.98 Å². The van der Waals surface area contributed by atoms with Gasteiger partial charge in [0.15, 0.2) is 5.58 Å². The van der Waals surface area contributed by atoms with Crippen LogP contribution in [-0.2, 0) is 0 Å². The molecule has 7 rings (SSSR count). The highest BCUT2D eigenvalue weighted by Crippen LogP contribution is 2.40. The van der Waals surface area contributed by atoms with Gasteiger partial charge in [0.1, 0.15) is 5.52 Å². The molecule has 4 heteroatoms. The zero-order valence-corrected chi connectivity index (χ0v) is 21.4. The summed E-state index contributed by atoms with van der Waals surface area (Å²) in [7, 11) is 0. The van der Waals surface area contributed by atoms with Crippen LogP contribution in [-0.4, -0.2) is 4.98 Å². The van der Waals surface area contributed by atoms with E-state index in [0.29, 0.717) is 5.89 Å². The summed E-state index contributed by atoms with van der Waals surface area (Å²) in [6.07, 6.45) is 0. The van der Waals surface area contributed by atoms with Gasteiger partial charge in [-0.05, 0) is 76.8 Å². The Hall–Kier alpha value is -4.41. The topological polar surface area (TPSA) is 29.3 Å². The Bertz CT molecular complexity index is 1900. The normalized spacial score (nSPS) is 11.4. The highest BCUT2D eigenvalue weighted by Gasteiger charge is 2.17. The molecule has 0 saturated carbocycles. The van der Waals surface area contributed by atoms with Gasteiger partial charge in [-0.25, -0.2) is 4.98 Å². The second kappa shape index (κ2) is 8.91. The Morgan fingerprint density at radius 2 is 1.27 bits per heavy atom. The molecule has 7 aromatic rings. The summed E-state index contributed by atoms with van der Waals surface area (Å²) in [5.41, 5.74) is 5.89. The molecule has 0 bridgehead atoms. The summed E-state index contributed by atoms with van der Waals surface area (Å²) < 4.78 is 7.47. The van der Waals surface area contributed by atoms with Crippen LogP contribution in [0.15, 0.2) is 136 Å². The fraction of sp³-hybridized carbons (Fsp3) is 0. The molecule has 0 spiro atoms. The summed E-state index contributed by atoms with van der Waals surface area (Å²) in [5.74, 6) is 0.635. The highest BCUT2D eigenvalue weighted by molar-refractivity contribution is 9.10. The number of halogens is 1. The monoisotopic (exact) mass is 540 g/mol. The molecule has 6 aromatic carbocycles. The van der Waals surface area contributed by atoms with Gasteiger partial charge in [-0.2, -0.15) is 0 Å². The third-order valence-corrected chi connectivity index (χ3v) is 7.19. The molecule has 176 valence electrons. The van der Waals surface area contributed by atoms with Gasteiger partial charge in [-0.3, -0.25) is 0 Å². The van der Waals surface area contributed by atoms with Gasteiger partial charge >= 0.3 is 0 Å². The molecule has 0 amide bonds. The molecule has 0 aliphatic rings. The van der Waals surface area contributed by atoms with Crippen molar-refractivity contribution in [3.63, 3.8) is 0 Å². The van der Waals surface area contributed by atoms with Gasteiger partial charge in [-0.1, -0.05) is 82.7 Å². The van der Waals surface area contributed by atoms with E-state index in [9.17, 15) is 0 Å². The van der Waals surface area contributed by atoms with Crippen LogP contribution in [0, 0.1) is 0 Å². The lowest BCUT2D eigenvalue weighted by atomic mass is 10.00. The fourth-order valence-corrected chi connectivity index (χ4v) is 5.38. The second-order valence-electron chi connectivity index (χ2n) is 9.02. The predicted octanol–water partition coefficient (Wildman–Crippen LogP) is 10.0. The Labute approximate surface area is 222 Å². The van der Waals surface area contributed by atoms with Crippen LogP contribution in [0.4, 0.5) is 17.1 Å². The number of aromatic nitrogens is 1. The lowest BCUT2D eigenvalue weighted by Gasteiger charge is -2.26. The minimum atomic E-state index is 0.635. The predicted molar refractivity (Wildman–Crippen MR) is 157 cm³/mol. The largest absolute Gasteiger partial charge is 0.435 e. The minimum absolute atomic E-state index is 0.635. The number of fused-ring (bicyclic) bond motifs is 5. The van der Waals surface area contributed by atoms with Crippen LogP contribution in [0.5, 0.6) is 0 Å². The molecule has 1 heterocycles. The smallest absolute Gasteiger partial charge is 0.227 e. The van der Waals surface area contributed by atoms with E-state index in [1.807, 2.05) is 48.5 Å². The molecule has 0 aliphatic heterocycles. The summed E-state index contributed by atoms with van der Waals surface area (Å²) in [4.78, 5) is 7.10. The van der Waals surface area contributed by atoms with Crippen molar-refractivity contribution in [2.75, 3.05) is 4.90 Å². The van der Waals surface area contributed by atoms with E-state index in [1.54, 1.807) is 0 Å². The van der Waals surface area contributed by atoms with E-state index >= 15 is 0 Å². The number of anilines is 3. The number of nitrogens with zero attached hydrogens (tertiary/aromatic N) is 2. The van der Waals surface area contributed by atoms with Gasteiger partial charge < -0.3 is 9.32 Å². The van der Waals surface area contributed by atoms with Crippen molar-refractivity contribution in [2.24, 2.45) is 0 Å². The number of rotatable bonds is 4. The van der Waals surface area contributed by atoms with Crippen LogP contribution in [0.3, 0.4) is 0 Å². The van der Waals surface area contributed by atoms with Crippen LogP contribution in [0.2, 0.25) is 0 Å². The maximum absolute atomic E-state index is 6.43. The highest BCUT2D eigenvalue weighted by atomic mass is 79.9. The van der Waals surface area contributed by atoms with E-state index < -0.39 is 0 Å². The molecule has 0 radical (unpaired) electrons. The number of hydrogen-bond acceptors (Lipinski definition) is 3. The Balaban J connectivity index is 1.49. The quantitative estimate of drug-likeness (QED) is 0.208. The molecule has 1 aromatic heterocycles. The fourth-order valence-electron chi connectivity index (χ4n) is 4.99. The molecule has 0 saturated heterocycles. The Kier molecular flexibility index (Phi) is 5.26. The molecule has 37 heavy (non-hydrogen) atoms. The first kappa shape index (κ1) is 21.8. The van der Waals surface area contributed by atoms with Crippen LogP contribution in [0.1, 0.15) is 0 Å². The SMILES string of the molecule is Brc1cccc(N(c2ccccc2)c2ccc3ccc4ccc5nc(-c6ccccc6)oc5c4c3c2)c1. The summed E-state index contributed by atoms with van der Waals surface area (Å²) in [5, 5.41) is 4.49. The zero-order valence-electron chi connectivity index (χ0n) is 19.8. The molecular weight excluding hydrogens is 520 g/mol. The lowest BCUT2D eigenvalue weighted by molar-refractivity contribution is 0.623. The van der Waals surface area contributed by atoms with Gasteiger partial charge in [0.25, 0.3) is 0 Å². The molecule has 3 nitrogen and oxygen atoms in total. The standard InChI is InChI=1S/C33H21BrN2O/c34-25-10-7-13-27(20-25)36(26-11-5-2-6-12-26)28-18-16-22-14-15-23-17-19-30-32(31(23)29(22)21-28)37-33(35-30)24-8-3-1-4-9-24/h1-21H. The van der Waals surface area contributed by atoms with Crippen LogP contribution < -0.4 is 4.90 Å². The number of benzene rings is 6. The van der Waals surface area contributed by atoms with Crippen LogP contribution >= 0.6 is 15.9 Å². The molecule has 0 aliphatic carbocycles. The van der Waals surface area contributed by atoms with Gasteiger partial charge in [0.05, 0.1) is 0 Å². The number of para-hydroxylation sites is 1. The van der Waals surface area contributed by atoms with Crippen molar-refractivity contribution in [3.8, 4) is 11.5 Å². The minimum Gasteiger partial charge on any atom is -0.435 e. The summed E-state index contributed by atoms with van der Waals surface area (Å²) in [6, 6.07) is 44.0. The van der Waals surface area contributed by atoms with Gasteiger partial charge in [0, 0.05) is 32.5 Å². The van der Waals surface area contributed by atoms with Crippen molar-refractivity contribution in [1.29, 1.82) is 0 Å². The van der Waals surface area contributed by atoms with E-state index in [1.165, 1.54) is 0 Å². The maximum Gasteiger partial charge on any atom is 0.227 e. The van der Waals surface area contributed by atoms with Crippen molar-refractivity contribution >= 4 is 65.6 Å². The van der Waals surface area contributed by atoms with E-state index in [2.05, 4.69) is 99.7 Å². The third kappa shape index (κ3) is 3.87. The first-order chi connectivity index (χ1) is 18.2. The van der Waals surface area contributed by atoms with Gasteiger partial charge in [0.2, 0.25) is 5.89 Å². The first-order valence-corrected chi connectivity index (χ1v) is 13.0. The zero-order chi connectivity index (χ0) is 24.8. The first-order valence-electron chi connectivity index (χ1n) is 12.2. The number of oxazole rings is 1. The maximum atomic E-state index is 6.43. The van der Waals surface area contributed by atoms with Crippen LogP contribution in [0.25, 0.3) is 44.1 Å². The van der Waals surface area contributed by atoms with E-state index in [4.69, 9.17) is 9.40 Å². The third-order valence-electron chi connectivity index (χ3n) is 6.70. The van der Waals surface area contributed by atoms with Crippen molar-refractivity contribution in [3.05, 3.63) is 132 Å². The van der Waals surface area contributed by atoms with Gasteiger partial charge in [-0.15, -0.1) is 0 Å². The Morgan fingerprint density at radius 1 is 0.595 bits per heavy atom. The van der Waals surface area contributed by atoms with Crippen molar-refractivity contribution < 1.29 is 4.42 Å². The Morgan fingerprint density at radius 3 is 2.08 bits per heavy atom. The summed E-state index contributed by atoms with van der Waals surface area (Å²) in [6.45, 7) is 0.